The minimum atomic E-state index is -0.00660. The predicted molar refractivity (Wildman–Crippen MR) is 108 cm³/mol. The Morgan fingerprint density at radius 2 is 1.54 bits per heavy atom. The van der Waals surface area contributed by atoms with E-state index in [1.807, 2.05) is 23.6 Å². The molecule has 0 spiro atoms. The van der Waals surface area contributed by atoms with Crippen LogP contribution in [0.3, 0.4) is 0 Å². The molecule has 2 heterocycles. The molecular weight excluding hydrogens is 356 g/mol. The first kappa shape index (κ1) is 20.5. The summed E-state index contributed by atoms with van der Waals surface area (Å²) in [4.78, 5) is 29.5. The molecule has 0 aliphatic carbocycles. The van der Waals surface area contributed by atoms with Crippen LogP contribution in [0, 0.1) is 5.92 Å². The summed E-state index contributed by atoms with van der Waals surface area (Å²) in [6.45, 7) is 7.93. The van der Waals surface area contributed by atoms with E-state index in [1.165, 1.54) is 6.42 Å². The van der Waals surface area contributed by atoms with Crippen LogP contribution < -0.4 is 9.47 Å². The van der Waals surface area contributed by atoms with Crippen molar-refractivity contribution in [3.63, 3.8) is 0 Å². The van der Waals surface area contributed by atoms with Crippen LogP contribution in [0.25, 0.3) is 0 Å². The van der Waals surface area contributed by atoms with Crippen LogP contribution in [-0.2, 0) is 4.79 Å². The zero-order chi connectivity index (χ0) is 19.9. The van der Waals surface area contributed by atoms with Crippen LogP contribution in [0.1, 0.15) is 56.3 Å². The predicted octanol–water partition coefficient (Wildman–Crippen LogP) is 3.35. The molecule has 0 radical (unpaired) electrons. The van der Waals surface area contributed by atoms with Crippen molar-refractivity contribution in [3.05, 3.63) is 23.8 Å². The Hall–Kier alpha value is -2.24. The Labute approximate surface area is 167 Å². The number of benzene rings is 1. The Morgan fingerprint density at radius 1 is 0.893 bits per heavy atom. The minimum Gasteiger partial charge on any atom is -0.490 e. The first-order valence-electron chi connectivity index (χ1n) is 10.6. The molecule has 0 saturated carbocycles. The summed E-state index contributed by atoms with van der Waals surface area (Å²) >= 11 is 0. The van der Waals surface area contributed by atoms with E-state index in [0.29, 0.717) is 43.4 Å². The van der Waals surface area contributed by atoms with E-state index in [0.717, 1.165) is 38.8 Å². The molecule has 0 atom stereocenters. The lowest BCUT2D eigenvalue weighted by molar-refractivity contribution is -0.137. The van der Waals surface area contributed by atoms with Gasteiger partial charge in [-0.1, -0.05) is 0 Å². The Balaban J connectivity index is 1.60. The average molecular weight is 389 g/mol. The summed E-state index contributed by atoms with van der Waals surface area (Å²) in [5.74, 6) is 1.60. The third kappa shape index (κ3) is 4.78. The van der Waals surface area contributed by atoms with E-state index < -0.39 is 0 Å². The minimum absolute atomic E-state index is 0.00660. The molecule has 154 valence electrons. The number of carbonyl (C=O) groups excluding carboxylic acids is 2. The van der Waals surface area contributed by atoms with Crippen LogP contribution in [0.2, 0.25) is 0 Å². The number of rotatable bonds is 6. The number of hydrogen-bond acceptors (Lipinski definition) is 4. The van der Waals surface area contributed by atoms with Gasteiger partial charge in [0.25, 0.3) is 5.91 Å². The molecule has 1 aromatic carbocycles. The lowest BCUT2D eigenvalue weighted by Gasteiger charge is -2.35. The highest BCUT2D eigenvalue weighted by Crippen LogP contribution is 2.30. The van der Waals surface area contributed by atoms with Gasteiger partial charge in [0, 0.05) is 37.7 Å². The van der Waals surface area contributed by atoms with E-state index in [4.69, 9.17) is 9.47 Å². The van der Waals surface area contributed by atoms with Crippen molar-refractivity contribution in [2.75, 3.05) is 39.4 Å². The summed E-state index contributed by atoms with van der Waals surface area (Å²) in [6.07, 6.45) is 4.95. The number of likely N-dealkylation sites (tertiary alicyclic amines) is 2. The summed E-state index contributed by atoms with van der Waals surface area (Å²) in [5, 5.41) is 0. The quantitative estimate of drug-likeness (QED) is 0.750. The maximum absolute atomic E-state index is 12.9. The highest BCUT2D eigenvalue weighted by atomic mass is 16.5. The molecule has 0 aromatic heterocycles. The molecule has 6 heteroatoms. The van der Waals surface area contributed by atoms with Gasteiger partial charge in [0.05, 0.1) is 13.2 Å². The van der Waals surface area contributed by atoms with Crippen LogP contribution >= 0.6 is 0 Å². The fourth-order valence-corrected chi connectivity index (χ4v) is 4.07. The van der Waals surface area contributed by atoms with Crippen LogP contribution in [0.15, 0.2) is 18.2 Å². The van der Waals surface area contributed by atoms with Gasteiger partial charge >= 0.3 is 0 Å². The van der Waals surface area contributed by atoms with Gasteiger partial charge in [-0.05, 0) is 64.2 Å². The van der Waals surface area contributed by atoms with Crippen molar-refractivity contribution >= 4 is 11.8 Å². The normalized spacial score (nSPS) is 18.1. The number of carbonyl (C=O) groups is 2. The zero-order valence-electron chi connectivity index (χ0n) is 17.1. The molecule has 0 N–H and O–H groups in total. The van der Waals surface area contributed by atoms with E-state index in [-0.39, 0.29) is 17.7 Å². The molecule has 0 bridgehead atoms. The Kier molecular flexibility index (Phi) is 7.18. The molecule has 2 fully saturated rings. The maximum atomic E-state index is 12.9. The lowest BCUT2D eigenvalue weighted by atomic mass is 9.94. The number of piperidine rings is 2. The third-order valence-electron chi connectivity index (χ3n) is 5.59. The first-order valence-corrected chi connectivity index (χ1v) is 10.6. The highest BCUT2D eigenvalue weighted by Gasteiger charge is 2.31. The van der Waals surface area contributed by atoms with Crippen molar-refractivity contribution in [3.8, 4) is 11.5 Å². The Morgan fingerprint density at radius 3 is 2.18 bits per heavy atom. The number of hydrogen-bond donors (Lipinski definition) is 0. The molecule has 2 saturated heterocycles. The molecule has 2 aliphatic heterocycles. The lowest BCUT2D eigenvalue weighted by Crippen LogP contribution is -2.45. The van der Waals surface area contributed by atoms with Gasteiger partial charge in [-0.25, -0.2) is 0 Å². The highest BCUT2D eigenvalue weighted by molar-refractivity contribution is 5.95. The second-order valence-electron chi connectivity index (χ2n) is 7.48. The van der Waals surface area contributed by atoms with Crippen molar-refractivity contribution in [1.29, 1.82) is 0 Å². The summed E-state index contributed by atoms with van der Waals surface area (Å²) in [7, 11) is 0. The topological polar surface area (TPSA) is 59.1 Å². The number of nitrogens with zero attached hydrogens (tertiary/aromatic N) is 2. The molecule has 1 aromatic rings. The first-order chi connectivity index (χ1) is 13.6. The third-order valence-corrected chi connectivity index (χ3v) is 5.59. The van der Waals surface area contributed by atoms with Crippen molar-refractivity contribution in [2.45, 2.75) is 46.0 Å². The monoisotopic (exact) mass is 388 g/mol. The van der Waals surface area contributed by atoms with Gasteiger partial charge in [-0.2, -0.15) is 0 Å². The number of ether oxygens (including phenoxy) is 2. The Bertz CT molecular complexity index is 677. The van der Waals surface area contributed by atoms with Gasteiger partial charge in [-0.15, -0.1) is 0 Å². The van der Waals surface area contributed by atoms with E-state index in [1.54, 1.807) is 18.2 Å². The van der Waals surface area contributed by atoms with Crippen LogP contribution in [0.4, 0.5) is 0 Å². The smallest absolute Gasteiger partial charge is 0.253 e. The fourth-order valence-electron chi connectivity index (χ4n) is 4.07. The van der Waals surface area contributed by atoms with E-state index in [2.05, 4.69) is 0 Å². The van der Waals surface area contributed by atoms with Crippen molar-refractivity contribution in [2.24, 2.45) is 5.92 Å². The fraction of sp³-hybridized carbons (Fsp3) is 0.636. The zero-order valence-corrected chi connectivity index (χ0v) is 17.1. The molecule has 3 rings (SSSR count). The van der Waals surface area contributed by atoms with Gasteiger partial charge in [-0.3, -0.25) is 9.59 Å². The molecule has 2 amide bonds. The average Bonchev–Trinajstić information content (AvgIpc) is 2.75. The van der Waals surface area contributed by atoms with Gasteiger partial charge in [0.2, 0.25) is 5.91 Å². The molecule has 2 aliphatic rings. The maximum Gasteiger partial charge on any atom is 0.253 e. The standard InChI is InChI=1S/C22H32N2O4/c1-3-27-19-9-8-18(16-20(19)28-4-2)22(26)24-14-10-17(11-15-24)21(25)23-12-6-5-7-13-23/h8-9,16-17H,3-7,10-15H2,1-2H3. The molecule has 28 heavy (non-hydrogen) atoms. The summed E-state index contributed by atoms with van der Waals surface area (Å²) in [5.41, 5.74) is 0.604. The van der Waals surface area contributed by atoms with E-state index >= 15 is 0 Å². The summed E-state index contributed by atoms with van der Waals surface area (Å²) < 4.78 is 11.2. The molecule has 0 unspecified atom stereocenters. The second kappa shape index (κ2) is 9.80. The van der Waals surface area contributed by atoms with Gasteiger partial charge in [0.15, 0.2) is 11.5 Å². The van der Waals surface area contributed by atoms with Gasteiger partial charge in [0.1, 0.15) is 0 Å². The molecular formula is C22H32N2O4. The van der Waals surface area contributed by atoms with Crippen molar-refractivity contribution < 1.29 is 19.1 Å². The molecule has 6 nitrogen and oxygen atoms in total. The van der Waals surface area contributed by atoms with Gasteiger partial charge < -0.3 is 19.3 Å². The summed E-state index contributed by atoms with van der Waals surface area (Å²) in [6, 6.07) is 5.36. The van der Waals surface area contributed by atoms with E-state index in [9.17, 15) is 9.59 Å². The second-order valence-corrected chi connectivity index (χ2v) is 7.48. The van der Waals surface area contributed by atoms with Crippen LogP contribution in [0.5, 0.6) is 11.5 Å². The van der Waals surface area contributed by atoms with Crippen LogP contribution in [-0.4, -0.2) is 61.0 Å². The SMILES string of the molecule is CCOc1ccc(C(=O)N2CCC(C(=O)N3CCCCC3)CC2)cc1OCC. The van der Waals surface area contributed by atoms with Crippen molar-refractivity contribution in [1.82, 2.24) is 9.80 Å². The largest absolute Gasteiger partial charge is 0.490 e. The number of amides is 2.